The van der Waals surface area contributed by atoms with E-state index in [0.29, 0.717) is 19.6 Å². The molecule has 0 saturated heterocycles. The Bertz CT molecular complexity index is 534. The molecular weight excluding hydrogens is 248 g/mol. The van der Waals surface area contributed by atoms with Gasteiger partial charge in [0.15, 0.2) is 0 Å². The van der Waals surface area contributed by atoms with Gasteiger partial charge in [0.2, 0.25) is 0 Å². The summed E-state index contributed by atoms with van der Waals surface area (Å²) in [6, 6.07) is 22.0. The molecule has 0 saturated carbocycles. The van der Waals surface area contributed by atoms with Crippen molar-refractivity contribution < 1.29 is 4.74 Å². The van der Waals surface area contributed by atoms with Crippen LogP contribution in [0, 0.1) is 11.3 Å². The van der Waals surface area contributed by atoms with Crippen LogP contribution >= 0.6 is 0 Å². The third kappa shape index (κ3) is 4.42. The number of ether oxygens (including phenoxy) is 1. The zero-order valence-corrected chi connectivity index (χ0v) is 11.3. The lowest BCUT2D eigenvalue weighted by molar-refractivity contribution is 0.306. The summed E-state index contributed by atoms with van der Waals surface area (Å²) in [6.07, 6.45) is 0.454. The number of para-hydroxylation sites is 1. The van der Waals surface area contributed by atoms with Gasteiger partial charge in [-0.15, -0.1) is 0 Å². The van der Waals surface area contributed by atoms with Crippen molar-refractivity contribution in [3.63, 3.8) is 0 Å². The monoisotopic (exact) mass is 266 g/mol. The second-order valence-corrected chi connectivity index (χ2v) is 4.44. The lowest BCUT2D eigenvalue weighted by atomic mass is 10.0. The van der Waals surface area contributed by atoms with Crippen LogP contribution in [0.2, 0.25) is 0 Å². The molecule has 0 aliphatic carbocycles. The first-order valence-electron chi connectivity index (χ1n) is 6.73. The largest absolute Gasteiger partial charge is 0.492 e. The van der Waals surface area contributed by atoms with Crippen LogP contribution in [0.25, 0.3) is 0 Å². The highest BCUT2D eigenvalue weighted by atomic mass is 16.5. The van der Waals surface area contributed by atoms with Crippen molar-refractivity contribution in [3.05, 3.63) is 66.2 Å². The number of nitrogens with one attached hydrogen (secondary N) is 1. The molecule has 20 heavy (non-hydrogen) atoms. The average molecular weight is 266 g/mol. The van der Waals surface area contributed by atoms with Gasteiger partial charge >= 0.3 is 0 Å². The van der Waals surface area contributed by atoms with Gasteiger partial charge in [0.25, 0.3) is 0 Å². The van der Waals surface area contributed by atoms with Gasteiger partial charge in [0, 0.05) is 12.6 Å². The van der Waals surface area contributed by atoms with Crippen LogP contribution in [-0.2, 0) is 0 Å². The highest BCUT2D eigenvalue weighted by Crippen LogP contribution is 2.15. The minimum Gasteiger partial charge on any atom is -0.492 e. The minimum atomic E-state index is 0.0561. The molecule has 0 amide bonds. The van der Waals surface area contributed by atoms with E-state index in [1.807, 2.05) is 60.7 Å². The maximum absolute atomic E-state index is 8.91. The Hall–Kier alpha value is -2.31. The predicted octanol–water partition coefficient (Wildman–Crippen LogP) is 3.31. The topological polar surface area (TPSA) is 45.0 Å². The Morgan fingerprint density at radius 1 is 1.00 bits per heavy atom. The van der Waals surface area contributed by atoms with E-state index in [-0.39, 0.29) is 6.04 Å². The minimum absolute atomic E-state index is 0.0561. The van der Waals surface area contributed by atoms with Gasteiger partial charge in [0.1, 0.15) is 12.4 Å². The van der Waals surface area contributed by atoms with E-state index in [0.717, 1.165) is 11.3 Å². The first-order chi connectivity index (χ1) is 9.90. The Balaban J connectivity index is 1.80. The molecule has 0 spiro atoms. The quantitative estimate of drug-likeness (QED) is 0.782. The molecule has 0 heterocycles. The summed E-state index contributed by atoms with van der Waals surface area (Å²) in [5.41, 5.74) is 1.13. The van der Waals surface area contributed by atoms with Crippen LogP contribution in [0.1, 0.15) is 18.0 Å². The number of hydrogen-bond acceptors (Lipinski definition) is 3. The van der Waals surface area contributed by atoms with Gasteiger partial charge < -0.3 is 10.1 Å². The Morgan fingerprint density at radius 3 is 2.30 bits per heavy atom. The third-order valence-electron chi connectivity index (χ3n) is 3.00. The zero-order chi connectivity index (χ0) is 14.0. The van der Waals surface area contributed by atoms with Crippen LogP contribution in [0.3, 0.4) is 0 Å². The second-order valence-electron chi connectivity index (χ2n) is 4.44. The van der Waals surface area contributed by atoms with Gasteiger partial charge in [-0.1, -0.05) is 48.5 Å². The molecule has 0 aliphatic rings. The van der Waals surface area contributed by atoms with E-state index >= 15 is 0 Å². The van der Waals surface area contributed by atoms with E-state index in [2.05, 4.69) is 11.4 Å². The van der Waals surface area contributed by atoms with Crippen LogP contribution in [-0.4, -0.2) is 13.2 Å². The highest BCUT2D eigenvalue weighted by Gasteiger charge is 2.09. The summed E-state index contributed by atoms with van der Waals surface area (Å²) in [5, 5.41) is 12.3. The standard InChI is InChI=1S/C17H18N2O/c18-12-11-17(15-7-3-1-4-8-15)19-13-14-20-16-9-5-2-6-10-16/h1-10,17,19H,11,13-14H2. The Labute approximate surface area is 119 Å². The third-order valence-corrected chi connectivity index (χ3v) is 3.00. The molecule has 0 aliphatic heterocycles. The van der Waals surface area contributed by atoms with Gasteiger partial charge in [0.05, 0.1) is 12.5 Å². The van der Waals surface area contributed by atoms with Crippen LogP contribution < -0.4 is 10.1 Å². The van der Waals surface area contributed by atoms with Crippen LogP contribution in [0.4, 0.5) is 0 Å². The van der Waals surface area contributed by atoms with Gasteiger partial charge in [-0.3, -0.25) is 0 Å². The molecule has 2 aromatic carbocycles. The van der Waals surface area contributed by atoms with Crippen LogP contribution in [0.5, 0.6) is 5.75 Å². The lowest BCUT2D eigenvalue weighted by Crippen LogP contribution is -2.26. The van der Waals surface area contributed by atoms with Gasteiger partial charge in [-0.05, 0) is 17.7 Å². The highest BCUT2D eigenvalue weighted by molar-refractivity contribution is 5.21. The zero-order valence-electron chi connectivity index (χ0n) is 11.3. The van der Waals surface area contributed by atoms with Gasteiger partial charge in [-0.2, -0.15) is 5.26 Å². The van der Waals surface area contributed by atoms with Gasteiger partial charge in [-0.25, -0.2) is 0 Å². The average Bonchev–Trinajstić information content (AvgIpc) is 2.52. The lowest BCUT2D eigenvalue weighted by Gasteiger charge is -2.16. The van der Waals surface area contributed by atoms with Crippen molar-refractivity contribution in [2.75, 3.05) is 13.2 Å². The molecule has 0 fully saturated rings. The molecule has 0 bridgehead atoms. The number of nitriles is 1. The molecule has 3 heteroatoms. The summed E-state index contributed by atoms with van der Waals surface area (Å²) >= 11 is 0. The van der Waals surface area contributed by atoms with Crippen molar-refractivity contribution in [2.45, 2.75) is 12.5 Å². The molecule has 102 valence electrons. The number of hydrogen-bond donors (Lipinski definition) is 1. The molecule has 1 atom stereocenters. The predicted molar refractivity (Wildman–Crippen MR) is 79.4 cm³/mol. The number of nitrogens with zero attached hydrogens (tertiary/aromatic N) is 1. The first-order valence-corrected chi connectivity index (χ1v) is 6.73. The van der Waals surface area contributed by atoms with Crippen molar-refractivity contribution >= 4 is 0 Å². The van der Waals surface area contributed by atoms with Crippen molar-refractivity contribution in [2.24, 2.45) is 0 Å². The normalized spacial score (nSPS) is 11.6. The fourth-order valence-corrected chi connectivity index (χ4v) is 2.00. The second kappa shape index (κ2) is 7.98. The fraction of sp³-hybridized carbons (Fsp3) is 0.235. The van der Waals surface area contributed by atoms with E-state index in [4.69, 9.17) is 10.00 Å². The SMILES string of the molecule is N#CCC(NCCOc1ccccc1)c1ccccc1. The van der Waals surface area contributed by atoms with Crippen molar-refractivity contribution in [1.82, 2.24) is 5.32 Å². The molecule has 1 unspecified atom stereocenters. The smallest absolute Gasteiger partial charge is 0.119 e. The summed E-state index contributed by atoms with van der Waals surface area (Å²) < 4.78 is 5.63. The molecule has 0 radical (unpaired) electrons. The van der Waals surface area contributed by atoms with E-state index in [1.54, 1.807) is 0 Å². The van der Waals surface area contributed by atoms with Crippen molar-refractivity contribution in [3.8, 4) is 11.8 Å². The first kappa shape index (κ1) is 14.1. The van der Waals surface area contributed by atoms with E-state index in [9.17, 15) is 0 Å². The Kier molecular flexibility index (Phi) is 5.63. The van der Waals surface area contributed by atoms with E-state index < -0.39 is 0 Å². The molecule has 3 nitrogen and oxygen atoms in total. The maximum Gasteiger partial charge on any atom is 0.119 e. The molecule has 2 aromatic rings. The molecule has 0 aromatic heterocycles. The summed E-state index contributed by atoms with van der Waals surface area (Å²) in [6.45, 7) is 1.29. The van der Waals surface area contributed by atoms with Crippen molar-refractivity contribution in [1.29, 1.82) is 5.26 Å². The summed E-state index contributed by atoms with van der Waals surface area (Å²) in [5.74, 6) is 0.867. The molecular formula is C17H18N2O. The molecule has 1 N–H and O–H groups in total. The fourth-order valence-electron chi connectivity index (χ4n) is 2.00. The number of rotatable bonds is 7. The van der Waals surface area contributed by atoms with Crippen LogP contribution in [0.15, 0.2) is 60.7 Å². The van der Waals surface area contributed by atoms with E-state index in [1.165, 1.54) is 0 Å². The number of benzene rings is 2. The Morgan fingerprint density at radius 2 is 1.65 bits per heavy atom. The molecule has 2 rings (SSSR count). The summed E-state index contributed by atoms with van der Waals surface area (Å²) in [4.78, 5) is 0. The summed E-state index contributed by atoms with van der Waals surface area (Å²) in [7, 11) is 0. The maximum atomic E-state index is 8.91.